The van der Waals surface area contributed by atoms with E-state index in [-0.39, 0.29) is 0 Å². The minimum atomic E-state index is -0.439. The Bertz CT molecular complexity index is 575. The maximum Gasteiger partial charge on any atom is 0.125 e. The minimum Gasteiger partial charge on any atom is -0.378 e. The van der Waals surface area contributed by atoms with Crippen LogP contribution in [0, 0.1) is 0 Å². The van der Waals surface area contributed by atoms with Crippen LogP contribution in [0.5, 0.6) is 0 Å². The first-order valence-corrected chi connectivity index (χ1v) is 7.16. The van der Waals surface area contributed by atoms with E-state index in [1.165, 1.54) is 0 Å². The Morgan fingerprint density at radius 1 is 1.37 bits per heavy atom. The van der Waals surface area contributed by atoms with E-state index in [1.807, 2.05) is 38.1 Å². The second kappa shape index (κ2) is 5.59. The number of nitrogens with zero attached hydrogens (tertiary/aromatic N) is 1. The topological polar surface area (TPSA) is 48.1 Å². The van der Waals surface area contributed by atoms with Crippen molar-refractivity contribution in [3.8, 4) is 10.6 Å². The molecule has 0 amide bonds. The van der Waals surface area contributed by atoms with Crippen LogP contribution in [0.3, 0.4) is 0 Å². The van der Waals surface area contributed by atoms with E-state index in [0.717, 1.165) is 21.1 Å². The van der Waals surface area contributed by atoms with Crippen LogP contribution in [-0.4, -0.2) is 12.1 Å². The maximum atomic E-state index is 6.22. The van der Waals surface area contributed by atoms with E-state index < -0.39 is 5.54 Å². The normalized spacial score (nSPS) is 11.8. The summed E-state index contributed by atoms with van der Waals surface area (Å²) in [6.45, 7) is 4.39. The lowest BCUT2D eigenvalue weighted by molar-refractivity contribution is 0.180. The molecule has 102 valence electrons. The molecular weight excluding hydrogens is 280 g/mol. The van der Waals surface area contributed by atoms with Gasteiger partial charge in [0, 0.05) is 23.1 Å². The van der Waals surface area contributed by atoms with Crippen molar-refractivity contribution in [3.63, 3.8) is 0 Å². The molecule has 0 bridgehead atoms. The highest BCUT2D eigenvalue weighted by Gasteiger charge is 2.24. The summed E-state index contributed by atoms with van der Waals surface area (Å²) in [5, 5.41) is 1.58. The molecule has 0 unspecified atom stereocenters. The number of ether oxygens (including phenoxy) is 1. The fraction of sp³-hybridized carbons (Fsp3) is 0.357. The number of nitrogens with two attached hydrogens (primary N) is 1. The zero-order valence-corrected chi connectivity index (χ0v) is 12.8. The van der Waals surface area contributed by atoms with Crippen molar-refractivity contribution in [3.05, 3.63) is 39.9 Å². The lowest BCUT2D eigenvalue weighted by Crippen LogP contribution is -2.28. The van der Waals surface area contributed by atoms with Gasteiger partial charge in [0.15, 0.2) is 0 Å². The van der Waals surface area contributed by atoms with Crippen LogP contribution in [-0.2, 0) is 16.9 Å². The molecule has 0 atom stereocenters. The molecule has 2 N–H and O–H groups in total. The van der Waals surface area contributed by atoms with Crippen molar-refractivity contribution >= 4 is 22.9 Å². The highest BCUT2D eigenvalue weighted by atomic mass is 35.5. The third kappa shape index (κ3) is 3.15. The van der Waals surface area contributed by atoms with Gasteiger partial charge in [-0.3, -0.25) is 0 Å². The van der Waals surface area contributed by atoms with Gasteiger partial charge in [-0.05, 0) is 19.9 Å². The molecule has 0 radical (unpaired) electrons. The first-order valence-electron chi connectivity index (χ1n) is 5.96. The molecule has 0 aliphatic rings. The third-order valence-corrected chi connectivity index (χ3v) is 4.47. The average Bonchev–Trinajstić information content (AvgIpc) is 2.74. The van der Waals surface area contributed by atoms with Crippen LogP contribution >= 0.6 is 22.9 Å². The molecule has 0 aliphatic carbocycles. The summed E-state index contributed by atoms with van der Waals surface area (Å²) in [5.41, 5.74) is 7.58. The summed E-state index contributed by atoms with van der Waals surface area (Å²) in [7, 11) is 1.65. The predicted molar refractivity (Wildman–Crippen MR) is 80.5 cm³/mol. The average molecular weight is 297 g/mol. The van der Waals surface area contributed by atoms with Crippen LogP contribution < -0.4 is 5.73 Å². The smallest absolute Gasteiger partial charge is 0.125 e. The van der Waals surface area contributed by atoms with Crippen LogP contribution in [0.15, 0.2) is 24.3 Å². The molecule has 1 aromatic heterocycles. The zero-order chi connectivity index (χ0) is 14.0. The Kier molecular flexibility index (Phi) is 4.26. The van der Waals surface area contributed by atoms with Crippen LogP contribution in [0.25, 0.3) is 10.6 Å². The van der Waals surface area contributed by atoms with Crippen molar-refractivity contribution in [2.45, 2.75) is 26.0 Å². The van der Waals surface area contributed by atoms with Crippen molar-refractivity contribution in [1.29, 1.82) is 0 Å². The summed E-state index contributed by atoms with van der Waals surface area (Å²) in [5.74, 6) is 0. The van der Waals surface area contributed by atoms with Crippen LogP contribution in [0.2, 0.25) is 5.02 Å². The monoisotopic (exact) mass is 296 g/mol. The van der Waals surface area contributed by atoms with E-state index in [2.05, 4.69) is 4.98 Å². The number of methoxy groups -OCH3 is 1. The maximum absolute atomic E-state index is 6.22. The fourth-order valence-corrected chi connectivity index (χ4v) is 3.24. The van der Waals surface area contributed by atoms with Gasteiger partial charge >= 0.3 is 0 Å². The van der Waals surface area contributed by atoms with Gasteiger partial charge in [0.05, 0.1) is 17.3 Å². The molecule has 0 saturated heterocycles. The second-order valence-corrected chi connectivity index (χ2v) is 6.34. The van der Waals surface area contributed by atoms with E-state index in [9.17, 15) is 0 Å². The summed E-state index contributed by atoms with van der Waals surface area (Å²) < 4.78 is 5.20. The van der Waals surface area contributed by atoms with Gasteiger partial charge in [-0.25, -0.2) is 4.98 Å². The Morgan fingerprint density at radius 3 is 2.63 bits per heavy atom. The summed E-state index contributed by atoms with van der Waals surface area (Å²) >= 11 is 7.79. The number of rotatable bonds is 4. The minimum absolute atomic E-state index is 0.439. The fourth-order valence-electron chi connectivity index (χ4n) is 1.84. The second-order valence-electron chi connectivity index (χ2n) is 4.93. The third-order valence-electron chi connectivity index (χ3n) is 2.67. The molecule has 5 heteroatoms. The molecule has 19 heavy (non-hydrogen) atoms. The first kappa shape index (κ1) is 14.5. The SMILES string of the molecule is COCc1nc(-c2ccccc2Cl)sc1C(C)(C)N. The van der Waals surface area contributed by atoms with Gasteiger partial charge in [0.2, 0.25) is 0 Å². The predicted octanol–water partition coefficient (Wildman–Crippen LogP) is 3.80. The van der Waals surface area contributed by atoms with Crippen molar-refractivity contribution in [2.75, 3.05) is 7.11 Å². The number of halogens is 1. The number of aromatic nitrogens is 1. The molecule has 3 nitrogen and oxygen atoms in total. The van der Waals surface area contributed by atoms with Crippen molar-refractivity contribution in [2.24, 2.45) is 5.73 Å². The summed E-state index contributed by atoms with van der Waals surface area (Å²) in [6, 6.07) is 7.68. The van der Waals surface area contributed by atoms with Gasteiger partial charge in [-0.2, -0.15) is 0 Å². The zero-order valence-electron chi connectivity index (χ0n) is 11.2. The molecule has 0 saturated carbocycles. The Hall–Kier alpha value is -0.940. The number of benzene rings is 1. The Balaban J connectivity index is 2.52. The lowest BCUT2D eigenvalue weighted by Gasteiger charge is -2.17. The first-order chi connectivity index (χ1) is 8.93. The molecule has 1 heterocycles. The highest BCUT2D eigenvalue weighted by molar-refractivity contribution is 7.15. The van der Waals surface area contributed by atoms with E-state index in [0.29, 0.717) is 11.6 Å². The van der Waals surface area contributed by atoms with Crippen molar-refractivity contribution < 1.29 is 4.74 Å². The van der Waals surface area contributed by atoms with Crippen molar-refractivity contribution in [1.82, 2.24) is 4.98 Å². The van der Waals surface area contributed by atoms with E-state index >= 15 is 0 Å². The molecule has 0 fully saturated rings. The van der Waals surface area contributed by atoms with Crippen LogP contribution in [0.1, 0.15) is 24.4 Å². The van der Waals surface area contributed by atoms with Gasteiger partial charge in [0.25, 0.3) is 0 Å². The Labute approximate surface area is 122 Å². The Morgan fingerprint density at radius 2 is 2.05 bits per heavy atom. The van der Waals surface area contributed by atoms with E-state index in [1.54, 1.807) is 18.4 Å². The highest BCUT2D eigenvalue weighted by Crippen LogP contribution is 2.36. The summed E-state index contributed by atoms with van der Waals surface area (Å²) in [4.78, 5) is 5.66. The molecule has 0 aliphatic heterocycles. The summed E-state index contributed by atoms with van der Waals surface area (Å²) in [6.07, 6.45) is 0. The largest absolute Gasteiger partial charge is 0.378 e. The number of hydrogen-bond acceptors (Lipinski definition) is 4. The standard InChI is InChI=1S/C14H17ClN2OS/c1-14(2,16)12-11(8-18-3)17-13(19-12)9-6-4-5-7-10(9)15/h4-7H,8,16H2,1-3H3. The lowest BCUT2D eigenvalue weighted by atomic mass is 10.0. The molecule has 1 aromatic carbocycles. The van der Waals surface area contributed by atoms with Gasteiger partial charge < -0.3 is 10.5 Å². The van der Waals surface area contributed by atoms with Crippen LogP contribution in [0.4, 0.5) is 0 Å². The number of thiazole rings is 1. The van der Waals surface area contributed by atoms with Gasteiger partial charge in [-0.1, -0.05) is 29.8 Å². The van der Waals surface area contributed by atoms with E-state index in [4.69, 9.17) is 22.1 Å². The van der Waals surface area contributed by atoms with Gasteiger partial charge in [-0.15, -0.1) is 11.3 Å². The molecular formula is C14H17ClN2OS. The molecule has 0 spiro atoms. The molecule has 2 rings (SSSR count). The molecule has 2 aromatic rings. The quantitative estimate of drug-likeness (QED) is 0.933. The number of hydrogen-bond donors (Lipinski definition) is 1. The van der Waals surface area contributed by atoms with Gasteiger partial charge in [0.1, 0.15) is 5.01 Å².